The zero-order valence-electron chi connectivity index (χ0n) is 15.9. The highest BCUT2D eigenvalue weighted by molar-refractivity contribution is 6.35. The molecule has 0 bridgehead atoms. The molecule has 1 aliphatic heterocycles. The minimum Gasteiger partial charge on any atom is -0.493 e. The molecule has 1 aromatic heterocycles. The first kappa shape index (κ1) is 19.2. The summed E-state index contributed by atoms with van der Waals surface area (Å²) in [5.74, 6) is 1.57. The number of hydrogen-bond acceptors (Lipinski definition) is 3. The van der Waals surface area contributed by atoms with E-state index in [-0.39, 0.29) is 0 Å². The lowest BCUT2D eigenvalue weighted by Crippen LogP contribution is -2.30. The van der Waals surface area contributed by atoms with Crippen molar-refractivity contribution in [1.82, 2.24) is 9.47 Å². The smallest absolute Gasteiger partial charge is 0.161 e. The molecule has 2 aromatic carbocycles. The van der Waals surface area contributed by atoms with E-state index >= 15 is 0 Å². The van der Waals surface area contributed by atoms with E-state index in [0.717, 1.165) is 43.2 Å². The molecule has 0 spiro atoms. The van der Waals surface area contributed by atoms with Crippen molar-refractivity contribution in [2.45, 2.75) is 19.5 Å². The standard InChI is InChI=1S/C22H22Cl2N2O2/c1-27-21-10-15-7-9-25(13-16(15)11-22(21)28-2)14-18-4-3-8-26(18)20-6-5-17(23)12-19(20)24/h3-6,8,10-12H,7,9,13-14H2,1-2H3. The van der Waals surface area contributed by atoms with Gasteiger partial charge in [-0.1, -0.05) is 23.2 Å². The second-order valence-corrected chi connectivity index (χ2v) is 7.75. The second-order valence-electron chi connectivity index (χ2n) is 6.90. The van der Waals surface area contributed by atoms with Gasteiger partial charge in [0.25, 0.3) is 0 Å². The van der Waals surface area contributed by atoms with Crippen LogP contribution < -0.4 is 9.47 Å². The van der Waals surface area contributed by atoms with Gasteiger partial charge in [-0.3, -0.25) is 4.90 Å². The first-order valence-corrected chi connectivity index (χ1v) is 9.92. The van der Waals surface area contributed by atoms with Gasteiger partial charge in [-0.25, -0.2) is 0 Å². The Morgan fingerprint density at radius 1 is 0.964 bits per heavy atom. The van der Waals surface area contributed by atoms with Gasteiger partial charge in [0.15, 0.2) is 11.5 Å². The van der Waals surface area contributed by atoms with Crippen molar-refractivity contribution in [2.24, 2.45) is 0 Å². The highest BCUT2D eigenvalue weighted by Crippen LogP contribution is 2.34. The van der Waals surface area contributed by atoms with Crippen molar-refractivity contribution in [1.29, 1.82) is 0 Å². The van der Waals surface area contributed by atoms with E-state index in [2.05, 4.69) is 27.7 Å². The van der Waals surface area contributed by atoms with Crippen LogP contribution in [0.5, 0.6) is 11.5 Å². The molecule has 0 N–H and O–H groups in total. The van der Waals surface area contributed by atoms with E-state index in [9.17, 15) is 0 Å². The molecule has 0 saturated carbocycles. The third-order valence-electron chi connectivity index (χ3n) is 5.19. The summed E-state index contributed by atoms with van der Waals surface area (Å²) < 4.78 is 13.0. The summed E-state index contributed by atoms with van der Waals surface area (Å²) in [6.45, 7) is 2.69. The molecular formula is C22H22Cl2N2O2. The van der Waals surface area contributed by atoms with Gasteiger partial charge in [0.1, 0.15) is 0 Å². The zero-order valence-corrected chi connectivity index (χ0v) is 17.4. The number of rotatable bonds is 5. The number of methoxy groups -OCH3 is 2. The number of halogens is 2. The summed E-state index contributed by atoms with van der Waals surface area (Å²) in [6, 6.07) is 14.0. The molecule has 4 nitrogen and oxygen atoms in total. The van der Waals surface area contributed by atoms with E-state index in [1.807, 2.05) is 24.4 Å². The van der Waals surface area contributed by atoms with E-state index in [1.165, 1.54) is 16.8 Å². The number of aromatic nitrogens is 1. The average molecular weight is 417 g/mol. The van der Waals surface area contributed by atoms with Crippen LogP contribution >= 0.6 is 23.2 Å². The molecule has 0 aliphatic carbocycles. The van der Waals surface area contributed by atoms with Gasteiger partial charge < -0.3 is 14.0 Å². The number of nitrogens with zero attached hydrogens (tertiary/aromatic N) is 2. The van der Waals surface area contributed by atoms with Gasteiger partial charge in [-0.05, 0) is 60.0 Å². The Bertz CT molecular complexity index is 1000. The van der Waals surface area contributed by atoms with Crippen LogP contribution in [0.3, 0.4) is 0 Å². The van der Waals surface area contributed by atoms with Gasteiger partial charge in [-0.15, -0.1) is 0 Å². The van der Waals surface area contributed by atoms with Crippen LogP contribution in [0.15, 0.2) is 48.7 Å². The maximum atomic E-state index is 6.42. The fraction of sp³-hybridized carbons (Fsp3) is 0.273. The van der Waals surface area contributed by atoms with Crippen LogP contribution in [0.4, 0.5) is 0 Å². The molecule has 0 amide bonds. The minimum absolute atomic E-state index is 0.638. The summed E-state index contributed by atoms with van der Waals surface area (Å²) in [4.78, 5) is 2.43. The largest absolute Gasteiger partial charge is 0.493 e. The highest BCUT2D eigenvalue weighted by Gasteiger charge is 2.20. The third-order valence-corrected chi connectivity index (χ3v) is 5.72. The summed E-state index contributed by atoms with van der Waals surface area (Å²) in [5.41, 5.74) is 4.74. The van der Waals surface area contributed by atoms with Crippen molar-refractivity contribution in [3.8, 4) is 17.2 Å². The van der Waals surface area contributed by atoms with Gasteiger partial charge >= 0.3 is 0 Å². The number of benzene rings is 2. The molecule has 2 heterocycles. The molecular weight excluding hydrogens is 395 g/mol. The maximum Gasteiger partial charge on any atom is 0.161 e. The Morgan fingerprint density at radius 3 is 2.43 bits per heavy atom. The fourth-order valence-corrected chi connectivity index (χ4v) is 4.26. The molecule has 6 heteroatoms. The Hall–Kier alpha value is -2.14. The summed E-state index contributed by atoms with van der Waals surface area (Å²) in [7, 11) is 3.35. The first-order valence-electron chi connectivity index (χ1n) is 9.17. The monoisotopic (exact) mass is 416 g/mol. The van der Waals surface area contributed by atoms with Crippen molar-refractivity contribution in [3.63, 3.8) is 0 Å². The summed E-state index contributed by atoms with van der Waals surface area (Å²) in [6.07, 6.45) is 3.02. The van der Waals surface area contributed by atoms with E-state index in [4.69, 9.17) is 32.7 Å². The third kappa shape index (κ3) is 3.72. The topological polar surface area (TPSA) is 26.6 Å². The lowest BCUT2D eigenvalue weighted by molar-refractivity contribution is 0.240. The lowest BCUT2D eigenvalue weighted by Gasteiger charge is -2.30. The predicted octanol–water partition coefficient (Wildman–Crippen LogP) is 5.36. The molecule has 0 atom stereocenters. The normalized spacial score (nSPS) is 14.0. The quantitative estimate of drug-likeness (QED) is 0.559. The van der Waals surface area contributed by atoms with Crippen LogP contribution in [0.1, 0.15) is 16.8 Å². The van der Waals surface area contributed by atoms with Gasteiger partial charge in [0.05, 0.1) is 24.9 Å². The molecule has 0 radical (unpaired) electrons. The molecule has 28 heavy (non-hydrogen) atoms. The fourth-order valence-electron chi connectivity index (χ4n) is 3.76. The summed E-state index contributed by atoms with van der Waals surface area (Å²) >= 11 is 12.5. The van der Waals surface area contributed by atoms with Crippen LogP contribution in [0.25, 0.3) is 5.69 Å². The molecule has 4 rings (SSSR count). The van der Waals surface area contributed by atoms with E-state index in [1.54, 1.807) is 20.3 Å². The molecule has 0 fully saturated rings. The maximum absolute atomic E-state index is 6.42. The predicted molar refractivity (Wildman–Crippen MR) is 113 cm³/mol. The number of hydrogen-bond donors (Lipinski definition) is 0. The lowest BCUT2D eigenvalue weighted by atomic mass is 9.98. The molecule has 3 aromatic rings. The Balaban J connectivity index is 1.57. The van der Waals surface area contributed by atoms with E-state index in [0.29, 0.717) is 10.0 Å². The van der Waals surface area contributed by atoms with Gasteiger partial charge in [0, 0.05) is 36.5 Å². The highest BCUT2D eigenvalue weighted by atomic mass is 35.5. The van der Waals surface area contributed by atoms with Crippen molar-refractivity contribution in [2.75, 3.05) is 20.8 Å². The van der Waals surface area contributed by atoms with Crippen molar-refractivity contribution < 1.29 is 9.47 Å². The average Bonchev–Trinajstić information content (AvgIpc) is 3.14. The van der Waals surface area contributed by atoms with Crippen LogP contribution in [-0.2, 0) is 19.5 Å². The molecule has 146 valence electrons. The number of ether oxygens (including phenoxy) is 2. The number of fused-ring (bicyclic) bond motifs is 1. The molecule has 1 aliphatic rings. The minimum atomic E-state index is 0.638. The zero-order chi connectivity index (χ0) is 19.7. The van der Waals surface area contributed by atoms with Crippen molar-refractivity contribution >= 4 is 23.2 Å². The Labute approximate surface area is 175 Å². The Morgan fingerprint density at radius 2 is 1.71 bits per heavy atom. The molecule has 0 unspecified atom stereocenters. The SMILES string of the molecule is COc1cc2c(cc1OC)CN(Cc1cccn1-c1ccc(Cl)cc1Cl)CC2. The summed E-state index contributed by atoms with van der Waals surface area (Å²) in [5, 5.41) is 1.28. The second kappa shape index (κ2) is 8.08. The van der Waals surface area contributed by atoms with Crippen LogP contribution in [0, 0.1) is 0 Å². The van der Waals surface area contributed by atoms with Gasteiger partial charge in [0.2, 0.25) is 0 Å². The van der Waals surface area contributed by atoms with Crippen LogP contribution in [-0.4, -0.2) is 30.2 Å². The van der Waals surface area contributed by atoms with E-state index < -0.39 is 0 Å². The Kier molecular flexibility index (Phi) is 5.54. The first-order chi connectivity index (χ1) is 13.6. The van der Waals surface area contributed by atoms with Crippen molar-refractivity contribution in [3.05, 3.63) is 75.5 Å². The van der Waals surface area contributed by atoms with Gasteiger partial charge in [-0.2, -0.15) is 0 Å². The molecule has 0 saturated heterocycles. The van der Waals surface area contributed by atoms with Crippen LogP contribution in [0.2, 0.25) is 10.0 Å².